The third kappa shape index (κ3) is 4.47. The summed E-state index contributed by atoms with van der Waals surface area (Å²) in [5, 5.41) is 15.4. The van der Waals surface area contributed by atoms with Crippen molar-refractivity contribution in [2.45, 2.75) is 19.9 Å². The van der Waals surface area contributed by atoms with Crippen LogP contribution in [-0.4, -0.2) is 30.7 Å². The Bertz CT molecular complexity index is 354. The maximum Gasteiger partial charge on any atom is 0.224 e. The minimum absolute atomic E-state index is 0.0427. The van der Waals surface area contributed by atoms with Crippen molar-refractivity contribution < 1.29 is 9.90 Å². The van der Waals surface area contributed by atoms with Gasteiger partial charge in [0.1, 0.15) is 0 Å². The number of carbonyl (C=O) groups excluding carboxylic acids is 1. The number of amides is 1. The fourth-order valence-corrected chi connectivity index (χ4v) is 1.69. The largest absolute Gasteiger partial charge is 0.394 e. The average molecular weight is 250 g/mol. The highest BCUT2D eigenvalue weighted by Gasteiger charge is 2.17. The first kappa shape index (κ1) is 14.7. The number of hydrogen-bond donors (Lipinski definition) is 3. The molecule has 4 heteroatoms. The van der Waals surface area contributed by atoms with Gasteiger partial charge in [0.2, 0.25) is 5.91 Å². The summed E-state index contributed by atoms with van der Waals surface area (Å²) >= 11 is 0. The maximum absolute atomic E-state index is 11.9. The van der Waals surface area contributed by atoms with Crippen LogP contribution in [-0.2, 0) is 4.79 Å². The Morgan fingerprint density at radius 1 is 1.33 bits per heavy atom. The number of carbonyl (C=O) groups is 1. The fourth-order valence-electron chi connectivity index (χ4n) is 1.69. The number of hydrogen-bond acceptors (Lipinski definition) is 3. The van der Waals surface area contributed by atoms with Gasteiger partial charge in [0, 0.05) is 12.5 Å². The maximum atomic E-state index is 11.9. The number of benzene rings is 1. The van der Waals surface area contributed by atoms with Crippen LogP contribution in [0.25, 0.3) is 0 Å². The molecule has 1 aromatic rings. The Hall–Kier alpha value is -1.39. The molecule has 0 heterocycles. The molecule has 1 rings (SSSR count). The molecule has 0 fully saturated rings. The standard InChI is InChI=1S/C14H22N2O2/c1-3-15-9-11(2)14(18)16-13(10-17)12-7-5-4-6-8-12/h4-8,11,13,15,17H,3,9-10H2,1-2H3,(H,16,18)/t11?,13-/m1/s1. The highest BCUT2D eigenvalue weighted by atomic mass is 16.3. The molecule has 4 nitrogen and oxygen atoms in total. The first-order valence-corrected chi connectivity index (χ1v) is 6.36. The lowest BCUT2D eigenvalue weighted by Crippen LogP contribution is -2.38. The van der Waals surface area contributed by atoms with Gasteiger partial charge < -0.3 is 15.7 Å². The summed E-state index contributed by atoms with van der Waals surface area (Å²) in [6, 6.07) is 9.17. The predicted molar refractivity (Wildman–Crippen MR) is 72.1 cm³/mol. The second-order valence-corrected chi connectivity index (χ2v) is 4.36. The van der Waals surface area contributed by atoms with Crippen LogP contribution >= 0.6 is 0 Å². The Balaban J connectivity index is 2.56. The van der Waals surface area contributed by atoms with Crippen LogP contribution < -0.4 is 10.6 Å². The molecule has 0 aliphatic heterocycles. The molecule has 18 heavy (non-hydrogen) atoms. The minimum atomic E-state index is -0.331. The van der Waals surface area contributed by atoms with Crippen LogP contribution in [0, 0.1) is 5.92 Å². The SMILES string of the molecule is CCNCC(C)C(=O)N[C@H](CO)c1ccccc1. The van der Waals surface area contributed by atoms with E-state index in [1.165, 1.54) is 0 Å². The molecule has 0 saturated heterocycles. The van der Waals surface area contributed by atoms with E-state index in [0.29, 0.717) is 6.54 Å². The smallest absolute Gasteiger partial charge is 0.224 e. The third-order valence-electron chi connectivity index (χ3n) is 2.85. The van der Waals surface area contributed by atoms with Crippen molar-refractivity contribution in [3.05, 3.63) is 35.9 Å². The number of aliphatic hydroxyl groups is 1. The normalized spacial score (nSPS) is 13.9. The van der Waals surface area contributed by atoms with Crippen molar-refractivity contribution in [1.82, 2.24) is 10.6 Å². The number of aliphatic hydroxyl groups excluding tert-OH is 1. The monoisotopic (exact) mass is 250 g/mol. The summed E-state index contributed by atoms with van der Waals surface area (Å²) in [4.78, 5) is 11.9. The third-order valence-corrected chi connectivity index (χ3v) is 2.85. The van der Waals surface area contributed by atoms with Gasteiger partial charge in [0.25, 0.3) is 0 Å². The molecule has 0 aromatic heterocycles. The predicted octanol–water partition coefficient (Wildman–Crippen LogP) is 1.08. The van der Waals surface area contributed by atoms with Crippen molar-refractivity contribution in [3.8, 4) is 0 Å². The lowest BCUT2D eigenvalue weighted by Gasteiger charge is -2.19. The van der Waals surface area contributed by atoms with Crippen molar-refractivity contribution in [2.75, 3.05) is 19.7 Å². The molecule has 0 bridgehead atoms. The van der Waals surface area contributed by atoms with Gasteiger partial charge in [-0.15, -0.1) is 0 Å². The van der Waals surface area contributed by atoms with Gasteiger partial charge in [-0.2, -0.15) is 0 Å². The van der Waals surface area contributed by atoms with E-state index in [4.69, 9.17) is 0 Å². The second-order valence-electron chi connectivity index (χ2n) is 4.36. The van der Waals surface area contributed by atoms with Crippen LogP contribution in [0.4, 0.5) is 0 Å². The molecule has 100 valence electrons. The minimum Gasteiger partial charge on any atom is -0.394 e. The molecule has 0 aliphatic carbocycles. The molecule has 0 saturated carbocycles. The summed E-state index contributed by atoms with van der Waals surface area (Å²) in [7, 11) is 0. The molecule has 0 aliphatic rings. The van der Waals surface area contributed by atoms with Crippen molar-refractivity contribution in [3.63, 3.8) is 0 Å². The summed E-state index contributed by atoms with van der Waals surface area (Å²) in [5.41, 5.74) is 0.920. The second kappa shape index (κ2) is 7.84. The van der Waals surface area contributed by atoms with Crippen LogP contribution in [0.1, 0.15) is 25.5 Å². The first-order valence-electron chi connectivity index (χ1n) is 6.36. The molecular weight excluding hydrogens is 228 g/mol. The highest BCUT2D eigenvalue weighted by Crippen LogP contribution is 2.12. The molecule has 0 radical (unpaired) electrons. The Kier molecular flexibility index (Phi) is 6.39. The molecule has 3 N–H and O–H groups in total. The van der Waals surface area contributed by atoms with E-state index in [0.717, 1.165) is 12.1 Å². The zero-order chi connectivity index (χ0) is 13.4. The van der Waals surface area contributed by atoms with Crippen LogP contribution in [0.2, 0.25) is 0 Å². The molecule has 0 spiro atoms. The summed E-state index contributed by atoms with van der Waals surface area (Å²) in [5.74, 6) is -0.151. The van der Waals surface area contributed by atoms with E-state index < -0.39 is 0 Å². The van der Waals surface area contributed by atoms with E-state index in [9.17, 15) is 9.90 Å². The van der Waals surface area contributed by atoms with Gasteiger partial charge in [0.15, 0.2) is 0 Å². The van der Waals surface area contributed by atoms with Crippen molar-refractivity contribution in [1.29, 1.82) is 0 Å². The summed E-state index contributed by atoms with van der Waals surface area (Å²) in [6.07, 6.45) is 0. The zero-order valence-corrected chi connectivity index (χ0v) is 11.0. The van der Waals surface area contributed by atoms with Crippen LogP contribution in [0.5, 0.6) is 0 Å². The van der Waals surface area contributed by atoms with E-state index in [-0.39, 0.29) is 24.5 Å². The van der Waals surface area contributed by atoms with E-state index in [1.54, 1.807) is 0 Å². The van der Waals surface area contributed by atoms with Crippen LogP contribution in [0.3, 0.4) is 0 Å². The van der Waals surface area contributed by atoms with E-state index in [1.807, 2.05) is 44.2 Å². The Morgan fingerprint density at radius 2 is 2.00 bits per heavy atom. The Labute approximate surface area is 108 Å². The highest BCUT2D eigenvalue weighted by molar-refractivity contribution is 5.79. The lowest BCUT2D eigenvalue weighted by molar-refractivity contribution is -0.125. The van der Waals surface area contributed by atoms with Gasteiger partial charge >= 0.3 is 0 Å². The van der Waals surface area contributed by atoms with Gasteiger partial charge in [-0.25, -0.2) is 0 Å². The zero-order valence-electron chi connectivity index (χ0n) is 11.0. The molecular formula is C14H22N2O2. The Morgan fingerprint density at radius 3 is 2.56 bits per heavy atom. The van der Waals surface area contributed by atoms with Crippen molar-refractivity contribution >= 4 is 5.91 Å². The summed E-state index contributed by atoms with van der Waals surface area (Å²) in [6.45, 7) is 5.28. The van der Waals surface area contributed by atoms with Gasteiger partial charge in [0.05, 0.1) is 12.6 Å². The quantitative estimate of drug-likeness (QED) is 0.678. The molecule has 2 atom stereocenters. The fraction of sp³-hybridized carbons (Fsp3) is 0.500. The lowest BCUT2D eigenvalue weighted by atomic mass is 10.1. The first-order chi connectivity index (χ1) is 8.69. The van der Waals surface area contributed by atoms with Gasteiger partial charge in [-0.3, -0.25) is 4.79 Å². The van der Waals surface area contributed by atoms with Crippen molar-refractivity contribution in [2.24, 2.45) is 5.92 Å². The van der Waals surface area contributed by atoms with Gasteiger partial charge in [-0.05, 0) is 12.1 Å². The topological polar surface area (TPSA) is 61.4 Å². The van der Waals surface area contributed by atoms with E-state index >= 15 is 0 Å². The molecule has 1 aromatic carbocycles. The molecule has 1 amide bonds. The number of rotatable bonds is 7. The molecule has 1 unspecified atom stereocenters. The van der Waals surface area contributed by atoms with Crippen LogP contribution in [0.15, 0.2) is 30.3 Å². The number of nitrogens with one attached hydrogen (secondary N) is 2. The summed E-state index contributed by atoms with van der Waals surface area (Å²) < 4.78 is 0. The average Bonchev–Trinajstić information content (AvgIpc) is 2.42. The van der Waals surface area contributed by atoms with E-state index in [2.05, 4.69) is 10.6 Å². The van der Waals surface area contributed by atoms with Gasteiger partial charge in [-0.1, -0.05) is 44.2 Å².